The fourth-order valence-corrected chi connectivity index (χ4v) is 3.75. The number of nitrogens with zero attached hydrogens (tertiary/aromatic N) is 2. The minimum absolute atomic E-state index is 0.0114. The quantitative estimate of drug-likeness (QED) is 0.770. The molecule has 0 saturated carbocycles. The number of piperidine rings is 1. The average Bonchev–Trinajstić information content (AvgIpc) is 3.13. The summed E-state index contributed by atoms with van der Waals surface area (Å²) in [6.45, 7) is 5.00. The average molecular weight is 375 g/mol. The molecule has 2 aliphatic heterocycles. The van der Waals surface area contributed by atoms with Crippen molar-refractivity contribution in [2.45, 2.75) is 32.2 Å². The van der Waals surface area contributed by atoms with Gasteiger partial charge in [0.1, 0.15) is 6.61 Å². The predicted molar refractivity (Wildman–Crippen MR) is 100.0 cm³/mol. The summed E-state index contributed by atoms with van der Waals surface area (Å²) in [5.74, 6) is 0.340. The first kappa shape index (κ1) is 19.8. The summed E-state index contributed by atoms with van der Waals surface area (Å²) in [6.07, 6.45) is 5.86. The van der Waals surface area contributed by atoms with Crippen LogP contribution < -0.4 is 5.32 Å². The zero-order valence-electron chi connectivity index (χ0n) is 15.9. The number of hydrogen-bond donors (Lipinski definition) is 1. The van der Waals surface area contributed by atoms with Crippen molar-refractivity contribution in [1.29, 1.82) is 0 Å². The Balaban J connectivity index is 1.45. The number of pyridine rings is 1. The lowest BCUT2D eigenvalue weighted by Crippen LogP contribution is -2.48. The van der Waals surface area contributed by atoms with Crippen molar-refractivity contribution in [2.75, 3.05) is 39.5 Å². The van der Waals surface area contributed by atoms with E-state index in [1.165, 1.54) is 5.56 Å². The number of ether oxygens (including phenoxy) is 2. The predicted octanol–water partition coefficient (Wildman–Crippen LogP) is 1.03. The van der Waals surface area contributed by atoms with Crippen LogP contribution in [0, 0.1) is 11.8 Å². The van der Waals surface area contributed by atoms with Gasteiger partial charge in [-0.25, -0.2) is 0 Å². The molecule has 148 valence electrons. The maximum atomic E-state index is 12.7. The lowest BCUT2D eigenvalue weighted by atomic mass is 9.92. The number of aromatic nitrogens is 1. The molecule has 27 heavy (non-hydrogen) atoms. The van der Waals surface area contributed by atoms with Crippen LogP contribution in [-0.4, -0.2) is 67.3 Å². The smallest absolute Gasteiger partial charge is 0.248 e. The van der Waals surface area contributed by atoms with Crippen LogP contribution in [0.25, 0.3) is 0 Å². The van der Waals surface area contributed by atoms with E-state index < -0.39 is 0 Å². The molecule has 0 bridgehead atoms. The highest BCUT2D eigenvalue weighted by Crippen LogP contribution is 2.22. The van der Waals surface area contributed by atoms with Gasteiger partial charge in [-0.1, -0.05) is 0 Å². The monoisotopic (exact) mass is 375 g/mol. The molecular formula is C20H29N3O4. The van der Waals surface area contributed by atoms with Gasteiger partial charge >= 0.3 is 0 Å². The molecule has 2 saturated heterocycles. The number of hydrogen-bond acceptors (Lipinski definition) is 5. The molecule has 0 aliphatic carbocycles. The van der Waals surface area contributed by atoms with Crippen LogP contribution in [0.3, 0.4) is 0 Å². The maximum Gasteiger partial charge on any atom is 0.248 e. The van der Waals surface area contributed by atoms with Gasteiger partial charge in [0.25, 0.3) is 0 Å². The fourth-order valence-electron chi connectivity index (χ4n) is 3.75. The number of carbonyl (C=O) groups is 2. The third-order valence-electron chi connectivity index (χ3n) is 5.42. The summed E-state index contributed by atoms with van der Waals surface area (Å²) in [4.78, 5) is 30.5. The van der Waals surface area contributed by atoms with Gasteiger partial charge in [0.2, 0.25) is 11.8 Å². The Kier molecular flexibility index (Phi) is 7.18. The van der Waals surface area contributed by atoms with Gasteiger partial charge in [-0.15, -0.1) is 0 Å². The van der Waals surface area contributed by atoms with E-state index in [1.807, 2.05) is 19.1 Å². The molecule has 0 spiro atoms. The zero-order chi connectivity index (χ0) is 19.1. The van der Waals surface area contributed by atoms with Crippen LogP contribution in [0.15, 0.2) is 24.5 Å². The third kappa shape index (κ3) is 5.49. The van der Waals surface area contributed by atoms with Crippen molar-refractivity contribution < 1.29 is 19.1 Å². The molecule has 2 atom stereocenters. The highest BCUT2D eigenvalue weighted by molar-refractivity contribution is 5.80. The van der Waals surface area contributed by atoms with Crippen molar-refractivity contribution in [3.63, 3.8) is 0 Å². The molecule has 3 heterocycles. The van der Waals surface area contributed by atoms with E-state index in [9.17, 15) is 9.59 Å². The van der Waals surface area contributed by atoms with E-state index in [0.29, 0.717) is 45.8 Å². The van der Waals surface area contributed by atoms with Crippen LogP contribution >= 0.6 is 0 Å². The van der Waals surface area contributed by atoms with Gasteiger partial charge in [-0.05, 0) is 43.9 Å². The van der Waals surface area contributed by atoms with E-state index in [4.69, 9.17) is 9.47 Å². The largest absolute Gasteiger partial charge is 0.379 e. The Bertz CT molecular complexity index is 617. The molecular weight excluding hydrogens is 346 g/mol. The summed E-state index contributed by atoms with van der Waals surface area (Å²) in [5, 5.41) is 3.19. The number of nitrogens with one attached hydrogen (secondary N) is 1. The summed E-state index contributed by atoms with van der Waals surface area (Å²) in [7, 11) is 0. The second-order valence-corrected chi connectivity index (χ2v) is 7.26. The van der Waals surface area contributed by atoms with E-state index in [2.05, 4.69) is 10.3 Å². The number of likely N-dealkylation sites (tertiary alicyclic amines) is 1. The van der Waals surface area contributed by atoms with Crippen molar-refractivity contribution in [3.05, 3.63) is 30.1 Å². The molecule has 0 aromatic carbocycles. The zero-order valence-corrected chi connectivity index (χ0v) is 15.9. The maximum absolute atomic E-state index is 12.7. The SMILES string of the molecule is CCOCC(=O)N1CCC(C(=O)N[C@H]2COC[C@H]2Cc2ccncc2)CC1. The Morgan fingerprint density at radius 1 is 1.26 bits per heavy atom. The standard InChI is InChI=1S/C20H29N3O4/c1-2-26-14-19(24)23-9-5-16(6-10-23)20(25)22-18-13-27-12-17(18)11-15-3-7-21-8-4-15/h3-4,7-8,16-18H,2,5-6,9-14H2,1H3,(H,22,25)/t17-,18+/m1/s1. The fraction of sp³-hybridized carbons (Fsp3) is 0.650. The van der Waals surface area contributed by atoms with Crippen molar-refractivity contribution >= 4 is 11.8 Å². The molecule has 7 heteroatoms. The van der Waals surface area contributed by atoms with Crippen LogP contribution in [-0.2, 0) is 25.5 Å². The van der Waals surface area contributed by atoms with Gasteiger partial charge in [-0.3, -0.25) is 14.6 Å². The second kappa shape index (κ2) is 9.80. The molecule has 7 nitrogen and oxygen atoms in total. The van der Waals surface area contributed by atoms with E-state index >= 15 is 0 Å². The highest BCUT2D eigenvalue weighted by atomic mass is 16.5. The Morgan fingerprint density at radius 2 is 2.00 bits per heavy atom. The highest BCUT2D eigenvalue weighted by Gasteiger charge is 2.33. The van der Waals surface area contributed by atoms with E-state index in [1.54, 1.807) is 17.3 Å². The van der Waals surface area contributed by atoms with Crippen LogP contribution in [0.2, 0.25) is 0 Å². The first-order chi connectivity index (χ1) is 13.2. The van der Waals surface area contributed by atoms with Crippen LogP contribution in [0.4, 0.5) is 0 Å². The second-order valence-electron chi connectivity index (χ2n) is 7.26. The first-order valence-electron chi connectivity index (χ1n) is 9.80. The molecule has 3 rings (SSSR count). The molecule has 1 N–H and O–H groups in total. The summed E-state index contributed by atoms with van der Waals surface area (Å²) in [6, 6.07) is 4.06. The van der Waals surface area contributed by atoms with Gasteiger partial charge in [0.15, 0.2) is 0 Å². The van der Waals surface area contributed by atoms with E-state index in [0.717, 1.165) is 6.42 Å². The van der Waals surface area contributed by atoms with E-state index in [-0.39, 0.29) is 36.3 Å². The molecule has 2 aliphatic rings. The van der Waals surface area contributed by atoms with Gasteiger partial charge in [0.05, 0.1) is 19.3 Å². The molecule has 0 radical (unpaired) electrons. The van der Waals surface area contributed by atoms with Crippen molar-refractivity contribution in [3.8, 4) is 0 Å². The minimum Gasteiger partial charge on any atom is -0.379 e. The Hall–Kier alpha value is -1.99. The topological polar surface area (TPSA) is 80.8 Å². The molecule has 2 amide bonds. The Labute approximate surface area is 160 Å². The lowest BCUT2D eigenvalue weighted by Gasteiger charge is -2.32. The normalized spacial score (nSPS) is 23.4. The van der Waals surface area contributed by atoms with Gasteiger partial charge in [0, 0.05) is 43.9 Å². The number of amides is 2. The summed E-state index contributed by atoms with van der Waals surface area (Å²) >= 11 is 0. The molecule has 1 aromatic rings. The van der Waals surface area contributed by atoms with Crippen molar-refractivity contribution in [1.82, 2.24) is 15.2 Å². The number of carbonyl (C=O) groups excluding carboxylic acids is 2. The summed E-state index contributed by atoms with van der Waals surface area (Å²) in [5.41, 5.74) is 1.21. The third-order valence-corrected chi connectivity index (χ3v) is 5.42. The first-order valence-corrected chi connectivity index (χ1v) is 9.80. The van der Waals surface area contributed by atoms with Gasteiger partial charge < -0.3 is 19.7 Å². The molecule has 0 unspecified atom stereocenters. The van der Waals surface area contributed by atoms with Crippen LogP contribution in [0.1, 0.15) is 25.3 Å². The number of rotatable bonds is 7. The lowest BCUT2D eigenvalue weighted by molar-refractivity contribution is -0.139. The molecule has 1 aromatic heterocycles. The van der Waals surface area contributed by atoms with Gasteiger partial charge in [-0.2, -0.15) is 0 Å². The minimum atomic E-state index is -0.0386. The Morgan fingerprint density at radius 3 is 2.70 bits per heavy atom. The van der Waals surface area contributed by atoms with Crippen LogP contribution in [0.5, 0.6) is 0 Å². The van der Waals surface area contributed by atoms with Crippen molar-refractivity contribution in [2.24, 2.45) is 11.8 Å². The summed E-state index contributed by atoms with van der Waals surface area (Å²) < 4.78 is 10.8. The molecule has 2 fully saturated rings.